The molecular formula is C20H18ClN7OS. The number of pyridine rings is 1. The van der Waals surface area contributed by atoms with Crippen molar-refractivity contribution < 1.29 is 4.79 Å². The van der Waals surface area contributed by atoms with Crippen LogP contribution in [0.25, 0.3) is 15.9 Å². The Kier molecular flexibility index (Phi) is 5.06. The van der Waals surface area contributed by atoms with Crippen LogP contribution in [0.5, 0.6) is 0 Å². The van der Waals surface area contributed by atoms with Crippen LogP contribution in [0, 0.1) is 0 Å². The summed E-state index contributed by atoms with van der Waals surface area (Å²) in [4.78, 5) is 23.2. The number of hydrogen-bond donors (Lipinski definition) is 2. The first-order chi connectivity index (χ1) is 14.7. The predicted molar refractivity (Wildman–Crippen MR) is 116 cm³/mol. The first-order valence-electron chi connectivity index (χ1n) is 9.62. The van der Waals surface area contributed by atoms with Gasteiger partial charge < -0.3 is 10.6 Å². The van der Waals surface area contributed by atoms with Crippen molar-refractivity contribution in [1.29, 1.82) is 0 Å². The van der Waals surface area contributed by atoms with Gasteiger partial charge in [-0.1, -0.05) is 35.1 Å². The van der Waals surface area contributed by atoms with Gasteiger partial charge in [0, 0.05) is 24.5 Å². The molecule has 0 spiro atoms. The third-order valence-corrected chi connectivity index (χ3v) is 6.38. The maximum atomic E-state index is 13.1. The van der Waals surface area contributed by atoms with E-state index in [-0.39, 0.29) is 18.0 Å². The molecule has 1 aliphatic carbocycles. The summed E-state index contributed by atoms with van der Waals surface area (Å²) >= 11 is 7.71. The molecule has 2 atom stereocenters. The van der Waals surface area contributed by atoms with Crippen molar-refractivity contribution in [2.45, 2.75) is 31.3 Å². The lowest BCUT2D eigenvalue weighted by Gasteiger charge is -2.22. The summed E-state index contributed by atoms with van der Waals surface area (Å²) < 4.78 is 0.934. The zero-order valence-corrected chi connectivity index (χ0v) is 17.4. The summed E-state index contributed by atoms with van der Waals surface area (Å²) in [5, 5.41) is 16.3. The largest absolute Gasteiger partial charge is 0.357 e. The third-order valence-electron chi connectivity index (χ3n) is 5.18. The quantitative estimate of drug-likeness (QED) is 0.492. The van der Waals surface area contributed by atoms with Crippen LogP contribution in [0.15, 0.2) is 49.1 Å². The van der Waals surface area contributed by atoms with Gasteiger partial charge in [0.05, 0.1) is 33.4 Å². The minimum atomic E-state index is -0.141. The van der Waals surface area contributed by atoms with E-state index >= 15 is 0 Å². The molecule has 3 heterocycles. The standard InChI is InChI=1S/C20H18ClN7OS/c21-13-10-22-11-17-18(13)27-20(30-17)26-15-6-3-5-14(15)25-19(29)12-4-1-2-7-16(12)28-23-8-9-24-28/h1-2,4,7-11,14-15H,3,5-6H2,(H,25,29)(H,26,27). The topological polar surface area (TPSA) is 97.6 Å². The van der Waals surface area contributed by atoms with E-state index in [0.29, 0.717) is 16.3 Å². The maximum Gasteiger partial charge on any atom is 0.253 e. The Bertz CT molecular complexity index is 1190. The van der Waals surface area contributed by atoms with Crippen LogP contribution < -0.4 is 10.6 Å². The van der Waals surface area contributed by atoms with Gasteiger partial charge in [0.1, 0.15) is 5.52 Å². The number of carbonyl (C=O) groups excluding carboxylic acids is 1. The minimum absolute atomic E-state index is 0.00301. The van der Waals surface area contributed by atoms with Gasteiger partial charge in [-0.25, -0.2) is 4.98 Å². The number of thiazole rings is 1. The van der Waals surface area contributed by atoms with Gasteiger partial charge >= 0.3 is 0 Å². The van der Waals surface area contributed by atoms with Crippen LogP contribution in [-0.2, 0) is 0 Å². The molecule has 1 saturated carbocycles. The SMILES string of the molecule is O=C(NC1CCCC1Nc1nc2c(Cl)cncc2s1)c1ccccc1-n1nccn1. The zero-order chi connectivity index (χ0) is 20.5. The number of nitrogens with zero attached hydrogens (tertiary/aromatic N) is 5. The maximum absolute atomic E-state index is 13.1. The number of hydrogen-bond acceptors (Lipinski definition) is 7. The second-order valence-corrected chi connectivity index (χ2v) is 8.52. The molecule has 10 heteroatoms. The Morgan fingerprint density at radius 1 is 1.13 bits per heavy atom. The highest BCUT2D eigenvalue weighted by Crippen LogP contribution is 2.32. The molecule has 4 aromatic rings. The van der Waals surface area contributed by atoms with E-state index in [0.717, 1.165) is 34.6 Å². The molecule has 0 bridgehead atoms. The Labute approximate surface area is 181 Å². The molecule has 5 rings (SSSR count). The summed E-state index contributed by atoms with van der Waals surface area (Å²) in [5.41, 5.74) is 1.94. The highest BCUT2D eigenvalue weighted by Gasteiger charge is 2.30. The van der Waals surface area contributed by atoms with Crippen LogP contribution >= 0.6 is 22.9 Å². The number of para-hydroxylation sites is 1. The third kappa shape index (κ3) is 3.61. The van der Waals surface area contributed by atoms with E-state index in [2.05, 4.69) is 30.8 Å². The monoisotopic (exact) mass is 439 g/mol. The summed E-state index contributed by atoms with van der Waals surface area (Å²) in [6.45, 7) is 0. The van der Waals surface area contributed by atoms with E-state index in [9.17, 15) is 4.79 Å². The van der Waals surface area contributed by atoms with Gasteiger partial charge in [-0.3, -0.25) is 9.78 Å². The van der Waals surface area contributed by atoms with Gasteiger partial charge in [0.25, 0.3) is 5.91 Å². The first-order valence-corrected chi connectivity index (χ1v) is 10.8. The van der Waals surface area contributed by atoms with Crippen molar-refractivity contribution in [3.8, 4) is 5.69 Å². The van der Waals surface area contributed by atoms with E-state index in [4.69, 9.17) is 11.6 Å². The number of rotatable bonds is 5. The molecule has 0 saturated heterocycles. The molecule has 8 nitrogen and oxygen atoms in total. The lowest BCUT2D eigenvalue weighted by Crippen LogP contribution is -2.43. The summed E-state index contributed by atoms with van der Waals surface area (Å²) in [6, 6.07) is 7.41. The fourth-order valence-corrected chi connectivity index (χ4v) is 4.95. The Hall–Kier alpha value is -3.04. The lowest BCUT2D eigenvalue weighted by atomic mass is 10.1. The van der Waals surface area contributed by atoms with Crippen molar-refractivity contribution in [2.75, 3.05) is 5.32 Å². The number of anilines is 1. The normalized spacial score (nSPS) is 18.6. The van der Waals surface area contributed by atoms with Crippen molar-refractivity contribution in [3.05, 3.63) is 59.6 Å². The number of halogens is 1. The molecule has 1 amide bonds. The van der Waals surface area contributed by atoms with Gasteiger partial charge in [-0.05, 0) is 31.4 Å². The first kappa shape index (κ1) is 19.0. The molecule has 0 radical (unpaired) electrons. The van der Waals surface area contributed by atoms with Crippen molar-refractivity contribution in [1.82, 2.24) is 30.3 Å². The smallest absolute Gasteiger partial charge is 0.253 e. The fourth-order valence-electron chi connectivity index (χ4n) is 3.77. The Morgan fingerprint density at radius 3 is 2.77 bits per heavy atom. The molecule has 1 aromatic carbocycles. The van der Waals surface area contributed by atoms with Gasteiger partial charge in [0.2, 0.25) is 0 Å². The van der Waals surface area contributed by atoms with Crippen molar-refractivity contribution in [3.63, 3.8) is 0 Å². The molecule has 2 unspecified atom stereocenters. The number of nitrogens with one attached hydrogen (secondary N) is 2. The number of amides is 1. The van der Waals surface area contributed by atoms with E-state index < -0.39 is 0 Å². The van der Waals surface area contributed by atoms with E-state index in [1.807, 2.05) is 18.2 Å². The summed E-state index contributed by atoms with van der Waals surface area (Å²) in [6.07, 6.45) is 9.42. The fraction of sp³-hybridized carbons (Fsp3) is 0.250. The van der Waals surface area contributed by atoms with Gasteiger partial charge in [-0.2, -0.15) is 15.0 Å². The highest BCUT2D eigenvalue weighted by atomic mass is 35.5. The molecule has 3 aromatic heterocycles. The van der Waals surface area contributed by atoms with E-state index in [1.54, 1.807) is 30.9 Å². The van der Waals surface area contributed by atoms with Crippen LogP contribution in [-0.4, -0.2) is 43.0 Å². The second kappa shape index (κ2) is 8.00. The average Bonchev–Trinajstić information content (AvgIpc) is 3.50. The van der Waals surface area contributed by atoms with E-state index in [1.165, 1.54) is 16.1 Å². The Balaban J connectivity index is 1.33. The molecule has 1 fully saturated rings. The second-order valence-electron chi connectivity index (χ2n) is 7.08. The lowest BCUT2D eigenvalue weighted by molar-refractivity contribution is 0.0935. The molecule has 152 valence electrons. The average molecular weight is 440 g/mol. The van der Waals surface area contributed by atoms with Crippen LogP contribution in [0.3, 0.4) is 0 Å². The van der Waals surface area contributed by atoms with Crippen LogP contribution in [0.2, 0.25) is 5.02 Å². The van der Waals surface area contributed by atoms with Crippen molar-refractivity contribution in [2.24, 2.45) is 0 Å². The molecule has 0 aliphatic heterocycles. The molecular weight excluding hydrogens is 422 g/mol. The predicted octanol–water partition coefficient (Wildman–Crippen LogP) is 3.69. The minimum Gasteiger partial charge on any atom is -0.357 e. The van der Waals surface area contributed by atoms with Crippen LogP contribution in [0.1, 0.15) is 29.6 Å². The van der Waals surface area contributed by atoms with Crippen molar-refractivity contribution >= 4 is 44.2 Å². The summed E-state index contributed by atoms with van der Waals surface area (Å²) in [7, 11) is 0. The highest BCUT2D eigenvalue weighted by molar-refractivity contribution is 7.22. The Morgan fingerprint density at radius 2 is 1.93 bits per heavy atom. The molecule has 2 N–H and O–H groups in total. The number of benzene rings is 1. The number of aromatic nitrogens is 5. The molecule has 1 aliphatic rings. The zero-order valence-electron chi connectivity index (χ0n) is 15.8. The van der Waals surface area contributed by atoms with Gasteiger partial charge in [-0.15, -0.1) is 0 Å². The van der Waals surface area contributed by atoms with Gasteiger partial charge in [0.15, 0.2) is 5.13 Å². The summed E-state index contributed by atoms with van der Waals surface area (Å²) in [5.74, 6) is -0.141. The molecule has 30 heavy (non-hydrogen) atoms. The number of carbonyl (C=O) groups is 1. The number of fused-ring (bicyclic) bond motifs is 1. The van der Waals surface area contributed by atoms with Crippen LogP contribution in [0.4, 0.5) is 5.13 Å².